The Morgan fingerprint density at radius 2 is 1.52 bits per heavy atom. The van der Waals surface area contributed by atoms with Crippen LogP contribution in [0.1, 0.15) is 37.5 Å². The smallest absolute Gasteiger partial charge is 0.333 e. The van der Waals surface area contributed by atoms with E-state index in [1.807, 2.05) is 51.1 Å². The zero-order valence-electron chi connectivity index (χ0n) is 15.8. The Morgan fingerprint density at radius 1 is 0.926 bits per heavy atom. The summed E-state index contributed by atoms with van der Waals surface area (Å²) in [6.45, 7) is 6.37. The van der Waals surface area contributed by atoms with Gasteiger partial charge in [-0.1, -0.05) is 42.5 Å². The lowest BCUT2D eigenvalue weighted by atomic mass is 10.1. The third-order valence-corrected chi connectivity index (χ3v) is 3.94. The van der Waals surface area contributed by atoms with Crippen LogP contribution < -0.4 is 5.32 Å². The number of nitrogens with zero attached hydrogens (tertiary/aromatic N) is 1. The van der Waals surface area contributed by atoms with Crippen molar-refractivity contribution in [2.45, 2.75) is 45.5 Å². The summed E-state index contributed by atoms with van der Waals surface area (Å²) >= 11 is 0. The molecule has 0 fully saturated rings. The highest BCUT2D eigenvalue weighted by Gasteiger charge is 2.30. The van der Waals surface area contributed by atoms with Crippen molar-refractivity contribution in [3.05, 3.63) is 71.3 Å². The van der Waals surface area contributed by atoms with Crippen molar-refractivity contribution in [2.24, 2.45) is 0 Å². The van der Waals surface area contributed by atoms with Gasteiger partial charge in [-0.05, 0) is 50.5 Å². The van der Waals surface area contributed by atoms with Crippen molar-refractivity contribution in [3.63, 3.8) is 0 Å². The average Bonchev–Trinajstić information content (AvgIpc) is 2.57. The van der Waals surface area contributed by atoms with Crippen LogP contribution in [-0.4, -0.2) is 23.0 Å². The third-order valence-electron chi connectivity index (χ3n) is 3.94. The Bertz CT molecular complexity index is 735. The lowest BCUT2D eigenvalue weighted by Crippen LogP contribution is -2.48. The first-order valence-electron chi connectivity index (χ1n) is 8.82. The zero-order chi connectivity index (χ0) is 20.1. The van der Waals surface area contributed by atoms with E-state index in [0.717, 1.165) is 17.7 Å². The maximum Gasteiger partial charge on any atom is 0.416 e. The molecule has 0 aliphatic rings. The molecular formula is C21H25F3N2O. The Balaban J connectivity index is 2.12. The number of benzene rings is 2. The van der Waals surface area contributed by atoms with E-state index in [1.54, 1.807) is 4.90 Å². The molecule has 3 nitrogen and oxygen atoms in total. The number of alkyl halides is 3. The van der Waals surface area contributed by atoms with Gasteiger partial charge in [-0.2, -0.15) is 13.2 Å². The van der Waals surface area contributed by atoms with Crippen molar-refractivity contribution in [1.82, 2.24) is 10.2 Å². The van der Waals surface area contributed by atoms with Gasteiger partial charge in [0.15, 0.2) is 0 Å². The molecule has 2 rings (SSSR count). The molecule has 0 spiro atoms. The summed E-state index contributed by atoms with van der Waals surface area (Å²) in [7, 11) is 0. The summed E-state index contributed by atoms with van der Waals surface area (Å²) in [6.07, 6.45) is -3.70. The van der Waals surface area contributed by atoms with Crippen molar-refractivity contribution >= 4 is 6.03 Å². The predicted octanol–water partition coefficient (Wildman–Crippen LogP) is 5.26. The number of nitrogens with one attached hydrogen (secondary N) is 1. The standard InChI is InChI=1S/C21H25F3N2O/c1-20(2,3)25-19(27)26(14-13-16-7-5-4-6-8-16)15-17-9-11-18(12-10-17)21(22,23)24/h4-12H,13-15H2,1-3H3,(H,25,27). The molecule has 0 saturated carbocycles. The summed E-state index contributed by atoms with van der Waals surface area (Å²) in [6, 6.07) is 14.5. The van der Waals surface area contributed by atoms with Crippen LogP contribution in [0, 0.1) is 0 Å². The fraction of sp³-hybridized carbons (Fsp3) is 0.381. The van der Waals surface area contributed by atoms with Gasteiger partial charge in [0, 0.05) is 18.6 Å². The first-order chi connectivity index (χ1) is 12.5. The summed E-state index contributed by atoms with van der Waals surface area (Å²) in [4.78, 5) is 14.3. The van der Waals surface area contributed by atoms with E-state index >= 15 is 0 Å². The van der Waals surface area contributed by atoms with E-state index < -0.39 is 17.3 Å². The van der Waals surface area contributed by atoms with Crippen LogP contribution in [0.4, 0.5) is 18.0 Å². The fourth-order valence-corrected chi connectivity index (χ4v) is 2.58. The lowest BCUT2D eigenvalue weighted by molar-refractivity contribution is -0.137. The van der Waals surface area contributed by atoms with E-state index in [0.29, 0.717) is 18.5 Å². The van der Waals surface area contributed by atoms with Gasteiger partial charge in [-0.25, -0.2) is 4.79 Å². The minimum atomic E-state index is -4.37. The van der Waals surface area contributed by atoms with Crippen molar-refractivity contribution in [2.75, 3.05) is 6.54 Å². The summed E-state index contributed by atoms with van der Waals surface area (Å²) in [5, 5.41) is 2.92. The number of carbonyl (C=O) groups excluding carboxylic acids is 1. The Labute approximate surface area is 158 Å². The molecule has 0 unspecified atom stereocenters. The van der Waals surface area contributed by atoms with Gasteiger partial charge in [0.2, 0.25) is 0 Å². The van der Waals surface area contributed by atoms with Gasteiger partial charge in [0.1, 0.15) is 0 Å². The number of amides is 2. The highest BCUT2D eigenvalue weighted by molar-refractivity contribution is 5.75. The fourth-order valence-electron chi connectivity index (χ4n) is 2.58. The Kier molecular flexibility index (Phi) is 6.52. The number of rotatable bonds is 5. The van der Waals surface area contributed by atoms with Crippen LogP contribution in [0.3, 0.4) is 0 Å². The number of urea groups is 1. The molecule has 0 aliphatic heterocycles. The number of hydrogen-bond donors (Lipinski definition) is 1. The molecule has 0 aliphatic carbocycles. The molecule has 2 aromatic carbocycles. The van der Waals surface area contributed by atoms with Crippen LogP contribution in [-0.2, 0) is 19.1 Å². The van der Waals surface area contributed by atoms with Gasteiger partial charge in [0.25, 0.3) is 0 Å². The molecule has 0 saturated heterocycles. The number of carbonyl (C=O) groups is 1. The van der Waals surface area contributed by atoms with Crippen molar-refractivity contribution in [3.8, 4) is 0 Å². The molecule has 27 heavy (non-hydrogen) atoms. The van der Waals surface area contributed by atoms with Crippen LogP contribution in [0.15, 0.2) is 54.6 Å². The first kappa shape index (κ1) is 20.8. The van der Waals surface area contributed by atoms with E-state index in [1.165, 1.54) is 12.1 Å². The summed E-state index contributed by atoms with van der Waals surface area (Å²) in [5.74, 6) is 0. The molecule has 146 valence electrons. The number of halogens is 3. The maximum absolute atomic E-state index is 12.7. The molecule has 6 heteroatoms. The van der Waals surface area contributed by atoms with Crippen molar-refractivity contribution in [1.29, 1.82) is 0 Å². The average molecular weight is 378 g/mol. The normalized spacial score (nSPS) is 11.9. The van der Waals surface area contributed by atoms with E-state index in [2.05, 4.69) is 5.32 Å². The van der Waals surface area contributed by atoms with Gasteiger partial charge in [-0.3, -0.25) is 0 Å². The first-order valence-corrected chi connectivity index (χ1v) is 8.82. The highest BCUT2D eigenvalue weighted by atomic mass is 19.4. The lowest BCUT2D eigenvalue weighted by Gasteiger charge is -2.29. The second-order valence-corrected chi connectivity index (χ2v) is 7.53. The number of hydrogen-bond acceptors (Lipinski definition) is 1. The SMILES string of the molecule is CC(C)(C)NC(=O)N(CCc1ccccc1)Cc1ccc(C(F)(F)F)cc1. The van der Waals surface area contributed by atoms with E-state index in [4.69, 9.17) is 0 Å². The zero-order valence-corrected chi connectivity index (χ0v) is 15.8. The highest BCUT2D eigenvalue weighted by Crippen LogP contribution is 2.29. The minimum Gasteiger partial charge on any atom is -0.333 e. The summed E-state index contributed by atoms with van der Waals surface area (Å²) in [5.41, 5.74) is 0.655. The predicted molar refractivity (Wildman–Crippen MR) is 100 cm³/mol. The molecule has 0 heterocycles. The molecule has 0 atom stereocenters. The van der Waals surface area contributed by atoms with Crippen molar-refractivity contribution < 1.29 is 18.0 Å². The quantitative estimate of drug-likeness (QED) is 0.756. The van der Waals surface area contributed by atoms with Crippen LogP contribution in [0.2, 0.25) is 0 Å². The molecule has 0 aromatic heterocycles. The third kappa shape index (κ3) is 6.96. The maximum atomic E-state index is 12.7. The van der Waals surface area contributed by atoms with E-state index in [9.17, 15) is 18.0 Å². The largest absolute Gasteiger partial charge is 0.416 e. The van der Waals surface area contributed by atoms with E-state index in [-0.39, 0.29) is 12.6 Å². The monoisotopic (exact) mass is 378 g/mol. The second-order valence-electron chi connectivity index (χ2n) is 7.53. The Hall–Kier alpha value is -2.50. The van der Waals surface area contributed by atoms with Gasteiger partial charge >= 0.3 is 12.2 Å². The molecule has 2 amide bonds. The molecule has 2 aromatic rings. The van der Waals surface area contributed by atoms with Crippen LogP contribution in [0.5, 0.6) is 0 Å². The topological polar surface area (TPSA) is 32.3 Å². The minimum absolute atomic E-state index is 0.238. The molecule has 0 radical (unpaired) electrons. The summed E-state index contributed by atoms with van der Waals surface area (Å²) < 4.78 is 38.2. The van der Waals surface area contributed by atoms with Gasteiger partial charge < -0.3 is 10.2 Å². The van der Waals surface area contributed by atoms with Crippen LogP contribution in [0.25, 0.3) is 0 Å². The molecule has 0 bridgehead atoms. The molecule has 1 N–H and O–H groups in total. The van der Waals surface area contributed by atoms with Gasteiger partial charge in [-0.15, -0.1) is 0 Å². The second kappa shape index (κ2) is 8.46. The van der Waals surface area contributed by atoms with Crippen LogP contribution >= 0.6 is 0 Å². The van der Waals surface area contributed by atoms with Gasteiger partial charge in [0.05, 0.1) is 5.56 Å². The Morgan fingerprint density at radius 3 is 2.04 bits per heavy atom. The molecular weight excluding hydrogens is 353 g/mol.